The van der Waals surface area contributed by atoms with Gasteiger partial charge in [0, 0.05) is 27.9 Å². The molecule has 1 N–H and O–H groups in total. The summed E-state index contributed by atoms with van der Waals surface area (Å²) in [6.07, 6.45) is 0.609. The van der Waals surface area contributed by atoms with E-state index in [4.69, 9.17) is 32.7 Å². The van der Waals surface area contributed by atoms with E-state index in [0.29, 0.717) is 33.1 Å². The molecule has 1 aliphatic heterocycles. The molecule has 0 bridgehead atoms. The summed E-state index contributed by atoms with van der Waals surface area (Å²) in [6.45, 7) is 1.60. The molecule has 0 saturated heterocycles. The molecule has 1 atom stereocenters. The summed E-state index contributed by atoms with van der Waals surface area (Å²) in [4.78, 5) is 17.0. The van der Waals surface area contributed by atoms with E-state index in [1.807, 2.05) is 36.4 Å². The van der Waals surface area contributed by atoms with Gasteiger partial charge in [0.25, 0.3) is 0 Å². The van der Waals surface area contributed by atoms with E-state index < -0.39 is 5.63 Å². The van der Waals surface area contributed by atoms with Crippen LogP contribution in [0.4, 0.5) is 5.13 Å². The van der Waals surface area contributed by atoms with Crippen molar-refractivity contribution >= 4 is 45.4 Å². The normalized spacial score (nSPS) is 15.7. The highest BCUT2D eigenvalue weighted by atomic mass is 35.5. The molecule has 2 aromatic carbocycles. The highest BCUT2D eigenvalue weighted by Crippen LogP contribution is 2.42. The summed E-state index contributed by atoms with van der Waals surface area (Å²) in [7, 11) is 0. The molecule has 1 unspecified atom stereocenters. The smallest absolute Gasteiger partial charge is 0.349 e. The van der Waals surface area contributed by atoms with Gasteiger partial charge in [-0.25, -0.2) is 14.8 Å². The Morgan fingerprint density at radius 2 is 1.94 bits per heavy atom. The van der Waals surface area contributed by atoms with E-state index in [0.717, 1.165) is 16.8 Å². The first-order valence-corrected chi connectivity index (χ1v) is 11.7. The molecule has 4 aromatic rings. The summed E-state index contributed by atoms with van der Waals surface area (Å²) < 4.78 is 5.15. The first kappa shape index (κ1) is 21.7. The third-order valence-electron chi connectivity index (χ3n) is 5.34. The third-order valence-corrected chi connectivity index (χ3v) is 6.73. The Morgan fingerprint density at radius 1 is 1.15 bits per heavy atom. The van der Waals surface area contributed by atoms with Crippen LogP contribution in [0.25, 0.3) is 11.3 Å². The Bertz CT molecular complexity index is 1430. The third kappa shape index (κ3) is 4.15. The van der Waals surface area contributed by atoms with Gasteiger partial charge in [0.15, 0.2) is 0 Å². The zero-order valence-corrected chi connectivity index (χ0v) is 19.7. The Kier molecular flexibility index (Phi) is 5.70. The number of rotatable bonds is 4. The van der Waals surface area contributed by atoms with Crippen molar-refractivity contribution < 1.29 is 9.52 Å². The average Bonchev–Trinajstić information content (AvgIpc) is 3.41. The highest BCUT2D eigenvalue weighted by molar-refractivity contribution is 7.14. The predicted molar refractivity (Wildman–Crippen MR) is 132 cm³/mol. The van der Waals surface area contributed by atoms with Gasteiger partial charge in [0.2, 0.25) is 5.13 Å². The fraction of sp³-hybridized carbons (Fsp3) is 0.125. The minimum Gasteiger partial charge on any atom is -0.507 e. The largest absolute Gasteiger partial charge is 0.507 e. The zero-order valence-electron chi connectivity index (χ0n) is 17.3. The molecule has 0 spiro atoms. The van der Waals surface area contributed by atoms with E-state index in [1.165, 1.54) is 17.4 Å². The van der Waals surface area contributed by atoms with Crippen LogP contribution in [-0.2, 0) is 0 Å². The van der Waals surface area contributed by atoms with Gasteiger partial charge in [-0.3, -0.25) is 0 Å². The molecular formula is C24H17Cl2N3O3S. The van der Waals surface area contributed by atoms with Crippen LogP contribution in [-0.4, -0.2) is 15.8 Å². The average molecular weight is 498 g/mol. The molecule has 3 heterocycles. The minimum absolute atomic E-state index is 0.0237. The van der Waals surface area contributed by atoms with Crippen LogP contribution >= 0.6 is 34.5 Å². The van der Waals surface area contributed by atoms with Crippen LogP contribution in [0.1, 0.15) is 29.3 Å². The van der Waals surface area contributed by atoms with E-state index in [9.17, 15) is 9.90 Å². The monoisotopic (exact) mass is 497 g/mol. The number of aromatic nitrogens is 1. The van der Waals surface area contributed by atoms with Crippen molar-refractivity contribution in [1.82, 2.24) is 4.98 Å². The van der Waals surface area contributed by atoms with Crippen LogP contribution in [0.2, 0.25) is 10.0 Å². The number of aryl methyl sites for hydroxylation is 1. The van der Waals surface area contributed by atoms with E-state index in [2.05, 4.69) is 4.98 Å². The molecule has 6 nitrogen and oxygen atoms in total. The lowest BCUT2D eigenvalue weighted by Crippen LogP contribution is -2.19. The van der Waals surface area contributed by atoms with Crippen molar-refractivity contribution in [2.75, 3.05) is 5.01 Å². The predicted octanol–water partition coefficient (Wildman–Crippen LogP) is 6.44. The van der Waals surface area contributed by atoms with Crippen LogP contribution in [0.5, 0.6) is 5.75 Å². The summed E-state index contributed by atoms with van der Waals surface area (Å²) in [5.41, 5.74) is 2.47. The molecule has 2 aromatic heterocycles. The van der Waals surface area contributed by atoms with Crippen molar-refractivity contribution in [1.29, 1.82) is 0 Å². The van der Waals surface area contributed by atoms with E-state index >= 15 is 0 Å². The number of hydrogen-bond acceptors (Lipinski definition) is 7. The first-order valence-electron chi connectivity index (χ1n) is 10.1. The Balaban J connectivity index is 1.59. The summed E-state index contributed by atoms with van der Waals surface area (Å²) in [5, 5.41) is 20.3. The summed E-state index contributed by atoms with van der Waals surface area (Å²) in [5.74, 6) is 0.151. The quantitative estimate of drug-likeness (QED) is 0.350. The van der Waals surface area contributed by atoms with Crippen LogP contribution in [0.15, 0.2) is 74.3 Å². The van der Waals surface area contributed by atoms with Crippen LogP contribution < -0.4 is 10.6 Å². The Morgan fingerprint density at radius 3 is 2.67 bits per heavy atom. The maximum Gasteiger partial charge on any atom is 0.349 e. The maximum absolute atomic E-state index is 12.4. The van der Waals surface area contributed by atoms with Crippen molar-refractivity contribution in [2.45, 2.75) is 19.4 Å². The maximum atomic E-state index is 12.4. The molecular weight excluding hydrogens is 481 g/mol. The lowest BCUT2D eigenvalue weighted by Gasteiger charge is -2.22. The minimum atomic E-state index is -0.642. The number of aromatic hydroxyl groups is 1. The molecule has 5 rings (SSSR count). The second kappa shape index (κ2) is 8.67. The van der Waals surface area contributed by atoms with Gasteiger partial charge in [-0.15, -0.1) is 11.3 Å². The van der Waals surface area contributed by atoms with Gasteiger partial charge in [-0.1, -0.05) is 59.6 Å². The number of thiazole rings is 1. The second-order valence-corrected chi connectivity index (χ2v) is 9.24. The van der Waals surface area contributed by atoms with Gasteiger partial charge in [-0.2, -0.15) is 5.10 Å². The zero-order chi connectivity index (χ0) is 23.1. The number of anilines is 1. The van der Waals surface area contributed by atoms with E-state index in [1.54, 1.807) is 29.4 Å². The van der Waals surface area contributed by atoms with Gasteiger partial charge < -0.3 is 9.52 Å². The van der Waals surface area contributed by atoms with E-state index in [-0.39, 0.29) is 17.4 Å². The molecule has 33 heavy (non-hydrogen) atoms. The number of nitrogens with zero attached hydrogens (tertiary/aromatic N) is 3. The van der Waals surface area contributed by atoms with Crippen LogP contribution in [0, 0.1) is 6.92 Å². The molecule has 0 radical (unpaired) electrons. The molecule has 9 heteroatoms. The first-order chi connectivity index (χ1) is 15.9. The summed E-state index contributed by atoms with van der Waals surface area (Å²) in [6, 6.07) is 16.5. The molecule has 0 amide bonds. The van der Waals surface area contributed by atoms with Crippen molar-refractivity contribution in [2.24, 2.45) is 5.10 Å². The Hall–Kier alpha value is -3.13. The van der Waals surface area contributed by atoms with Gasteiger partial charge in [0.05, 0.1) is 17.4 Å². The fourth-order valence-electron chi connectivity index (χ4n) is 3.82. The number of hydrazone groups is 1. The fourth-order valence-corrected chi connectivity index (χ4v) is 5.17. The molecule has 0 fully saturated rings. The van der Waals surface area contributed by atoms with Crippen molar-refractivity contribution in [3.63, 3.8) is 0 Å². The highest BCUT2D eigenvalue weighted by Gasteiger charge is 2.33. The molecule has 0 aliphatic carbocycles. The number of halogens is 2. The van der Waals surface area contributed by atoms with Crippen molar-refractivity contribution in [3.8, 4) is 17.0 Å². The van der Waals surface area contributed by atoms with Crippen molar-refractivity contribution in [3.05, 3.63) is 97.3 Å². The SMILES string of the molecule is Cc1cc(O)c(-c2csc(N3N=C(c4ccccc4)CC3c3ccc(Cl)cc3Cl)n2)c(=O)o1. The summed E-state index contributed by atoms with van der Waals surface area (Å²) >= 11 is 14.0. The number of benzene rings is 2. The van der Waals surface area contributed by atoms with Gasteiger partial charge in [-0.05, 0) is 30.2 Å². The second-order valence-electron chi connectivity index (χ2n) is 7.56. The molecule has 0 saturated carbocycles. The topological polar surface area (TPSA) is 78.9 Å². The lowest BCUT2D eigenvalue weighted by atomic mass is 9.98. The molecule has 1 aliphatic rings. The van der Waals surface area contributed by atoms with Crippen LogP contribution in [0.3, 0.4) is 0 Å². The standard InChI is InChI=1S/C24H17Cl2N3O3S/c1-13-9-21(30)22(23(31)32-13)19-12-33-24(27-19)29-20(16-8-7-15(25)10-17(16)26)11-18(28-29)14-5-3-2-4-6-14/h2-10,12,20,30H,11H2,1H3. The Labute approximate surface area is 203 Å². The van der Waals surface area contributed by atoms with Gasteiger partial charge in [0.1, 0.15) is 17.1 Å². The molecule has 166 valence electrons. The number of hydrogen-bond donors (Lipinski definition) is 1. The lowest BCUT2D eigenvalue weighted by molar-refractivity contribution is 0.438. The van der Waals surface area contributed by atoms with Gasteiger partial charge >= 0.3 is 5.63 Å².